The van der Waals surface area contributed by atoms with Crippen molar-refractivity contribution in [1.29, 1.82) is 0 Å². The average Bonchev–Trinajstić information content (AvgIpc) is 2.94. The zero-order valence-electron chi connectivity index (χ0n) is 13.6. The predicted molar refractivity (Wildman–Crippen MR) is 89.0 cm³/mol. The van der Waals surface area contributed by atoms with Gasteiger partial charge in [-0.25, -0.2) is 22.9 Å². The number of nitrogens with two attached hydrogens (primary N) is 1. The van der Waals surface area contributed by atoms with Crippen molar-refractivity contribution in [2.24, 2.45) is 5.92 Å². The van der Waals surface area contributed by atoms with E-state index in [9.17, 15) is 27.8 Å². The molecule has 18 heteroatoms. The van der Waals surface area contributed by atoms with Crippen LogP contribution in [0, 0.1) is 11.7 Å². The molecular weight excluding hydrogens is 450 g/mol. The summed E-state index contributed by atoms with van der Waals surface area (Å²) in [6.45, 7) is -0.545. The number of hydrogen-bond acceptors (Lipinski definition) is 9. The van der Waals surface area contributed by atoms with E-state index in [4.69, 9.17) is 20.4 Å². The molecule has 4 unspecified atom stereocenters. The van der Waals surface area contributed by atoms with Crippen molar-refractivity contribution in [3.05, 3.63) is 34.7 Å². The molecule has 0 bridgehead atoms. The Bertz CT molecular complexity index is 975. The van der Waals surface area contributed by atoms with Crippen molar-refractivity contribution in [1.82, 2.24) is 9.55 Å². The molecule has 28 heavy (non-hydrogen) atoms. The molecule has 0 spiro atoms. The fourth-order valence-electron chi connectivity index (χ4n) is 2.27. The van der Waals surface area contributed by atoms with Crippen molar-refractivity contribution >= 4 is 29.3 Å². The van der Waals surface area contributed by atoms with E-state index in [-0.39, 0.29) is 6.42 Å². The normalized spacial score (nSPS) is 24.0. The van der Waals surface area contributed by atoms with Crippen molar-refractivity contribution in [3.63, 3.8) is 0 Å². The molecule has 2 rings (SSSR count). The molecular formula is C10H15FN3O11P3. The zero-order valence-corrected chi connectivity index (χ0v) is 16.3. The largest absolute Gasteiger partial charge is 0.490 e. The molecule has 1 aliphatic carbocycles. The Hall–Kier alpha value is -1.24. The van der Waals surface area contributed by atoms with Crippen molar-refractivity contribution in [3.8, 4) is 0 Å². The van der Waals surface area contributed by atoms with E-state index in [2.05, 4.69) is 18.1 Å². The molecule has 14 nitrogen and oxygen atoms in total. The first kappa shape index (κ1) is 23.0. The maximum absolute atomic E-state index is 13.5. The first-order chi connectivity index (χ1) is 12.7. The fourth-order valence-corrected chi connectivity index (χ4v) is 5.35. The Morgan fingerprint density at radius 1 is 1.18 bits per heavy atom. The van der Waals surface area contributed by atoms with Crippen LogP contribution in [0.15, 0.2) is 23.1 Å². The molecule has 1 aromatic heterocycles. The Balaban J connectivity index is 1.96. The Labute approximate surface area is 155 Å². The molecule has 4 atom stereocenters. The van der Waals surface area contributed by atoms with Crippen LogP contribution in [0.1, 0.15) is 12.5 Å². The SMILES string of the molecule is Nc1nc(=O)n(C2C=CC(COP(=O)(O)OP(=O)(O)OP(=O)(O)O)C2)cc1F. The predicted octanol–water partition coefficient (Wildman–Crippen LogP) is 0.425. The van der Waals surface area contributed by atoms with Crippen molar-refractivity contribution in [2.45, 2.75) is 12.5 Å². The number of phosphoric acid groups is 3. The van der Waals surface area contributed by atoms with E-state index < -0.39 is 59.4 Å². The Morgan fingerprint density at radius 2 is 1.82 bits per heavy atom. The van der Waals surface area contributed by atoms with Gasteiger partial charge in [0.25, 0.3) is 0 Å². The fraction of sp³-hybridized carbons (Fsp3) is 0.400. The highest BCUT2D eigenvalue weighted by Gasteiger charge is 2.41. The molecule has 0 saturated heterocycles. The van der Waals surface area contributed by atoms with Gasteiger partial charge in [-0.1, -0.05) is 12.2 Å². The summed E-state index contributed by atoms with van der Waals surface area (Å²) in [7, 11) is -16.3. The van der Waals surface area contributed by atoms with Crippen LogP contribution in [0.2, 0.25) is 0 Å². The van der Waals surface area contributed by atoms with E-state index in [0.717, 1.165) is 10.8 Å². The minimum Gasteiger partial charge on any atom is -0.381 e. The molecule has 6 N–H and O–H groups in total. The summed E-state index contributed by atoms with van der Waals surface area (Å²) < 4.78 is 59.5. The maximum atomic E-state index is 13.5. The molecule has 0 fully saturated rings. The summed E-state index contributed by atoms with van der Waals surface area (Å²) in [5.74, 6) is -2.07. The van der Waals surface area contributed by atoms with Gasteiger partial charge in [0.15, 0.2) is 11.6 Å². The third kappa shape index (κ3) is 6.68. The standard InChI is InChI=1S/C10H15FN3O11P3/c11-8-4-14(10(15)13-9(8)12)7-2-1-6(3-7)5-23-27(19,20)25-28(21,22)24-26(16,17)18/h1-2,4,6-7H,3,5H2,(H,19,20)(H,21,22)(H2,12,13,15)(H2,16,17,18). The number of hydrogen-bond donors (Lipinski definition) is 5. The van der Waals surface area contributed by atoms with Gasteiger partial charge in [0, 0.05) is 12.1 Å². The van der Waals surface area contributed by atoms with Crippen LogP contribution in [0.4, 0.5) is 10.2 Å². The lowest BCUT2D eigenvalue weighted by Gasteiger charge is -2.18. The van der Waals surface area contributed by atoms with E-state index in [0.29, 0.717) is 0 Å². The molecule has 0 aliphatic heterocycles. The van der Waals surface area contributed by atoms with Gasteiger partial charge in [-0.3, -0.25) is 9.09 Å². The number of nitrogen functional groups attached to an aromatic ring is 1. The van der Waals surface area contributed by atoms with E-state index in [1.54, 1.807) is 0 Å². The summed E-state index contributed by atoms with van der Waals surface area (Å²) in [6, 6.07) is -0.662. The molecule has 1 aliphatic rings. The lowest BCUT2D eigenvalue weighted by molar-refractivity contribution is 0.159. The molecule has 1 heterocycles. The third-order valence-corrected chi connectivity index (χ3v) is 7.11. The van der Waals surface area contributed by atoms with Crippen LogP contribution in [-0.2, 0) is 26.8 Å². The first-order valence-corrected chi connectivity index (χ1v) is 11.7. The number of anilines is 1. The van der Waals surface area contributed by atoms with Crippen LogP contribution >= 0.6 is 23.5 Å². The molecule has 1 aromatic rings. The first-order valence-electron chi connectivity index (χ1n) is 7.18. The molecule has 0 saturated carbocycles. The van der Waals surface area contributed by atoms with Crippen LogP contribution in [-0.4, -0.2) is 35.7 Å². The highest BCUT2D eigenvalue weighted by molar-refractivity contribution is 7.66. The van der Waals surface area contributed by atoms with Crippen molar-refractivity contribution < 1.29 is 50.8 Å². The molecule has 0 aromatic carbocycles. The van der Waals surface area contributed by atoms with Gasteiger partial charge in [-0.2, -0.15) is 13.6 Å². The van der Waals surface area contributed by atoms with E-state index in [1.807, 2.05) is 0 Å². The van der Waals surface area contributed by atoms with Gasteiger partial charge in [0.2, 0.25) is 0 Å². The van der Waals surface area contributed by atoms with Gasteiger partial charge >= 0.3 is 29.2 Å². The number of nitrogens with zero attached hydrogens (tertiary/aromatic N) is 2. The smallest absolute Gasteiger partial charge is 0.381 e. The summed E-state index contributed by atoms with van der Waals surface area (Å²) in [5.41, 5.74) is 4.37. The minimum absolute atomic E-state index is 0.112. The summed E-state index contributed by atoms with van der Waals surface area (Å²) in [4.78, 5) is 50.4. The summed E-state index contributed by atoms with van der Waals surface area (Å²) >= 11 is 0. The quantitative estimate of drug-likeness (QED) is 0.260. The van der Waals surface area contributed by atoms with E-state index in [1.165, 1.54) is 12.2 Å². The number of allylic oxidation sites excluding steroid dienone is 1. The second-order valence-corrected chi connectivity index (χ2v) is 9.92. The lowest BCUT2D eigenvalue weighted by Crippen LogP contribution is -2.27. The van der Waals surface area contributed by atoms with Crippen LogP contribution in [0.5, 0.6) is 0 Å². The summed E-state index contributed by atoms with van der Waals surface area (Å²) in [5, 5.41) is 0. The van der Waals surface area contributed by atoms with E-state index >= 15 is 0 Å². The van der Waals surface area contributed by atoms with Gasteiger partial charge in [0.05, 0.1) is 12.6 Å². The Kier molecular flexibility index (Phi) is 6.79. The monoisotopic (exact) mass is 465 g/mol. The average molecular weight is 465 g/mol. The third-order valence-electron chi connectivity index (χ3n) is 3.31. The summed E-state index contributed by atoms with van der Waals surface area (Å²) in [6.07, 6.45) is 3.91. The zero-order chi connectivity index (χ0) is 21.3. The van der Waals surface area contributed by atoms with Crippen LogP contribution in [0.3, 0.4) is 0 Å². The second-order valence-electron chi connectivity index (χ2n) is 5.50. The molecule has 0 radical (unpaired) electrons. The molecule has 158 valence electrons. The van der Waals surface area contributed by atoms with Gasteiger partial charge in [-0.05, 0) is 6.42 Å². The maximum Gasteiger partial charge on any atom is 0.490 e. The number of halogens is 1. The molecule has 0 amide bonds. The second kappa shape index (κ2) is 8.25. The van der Waals surface area contributed by atoms with Gasteiger partial charge < -0.3 is 25.3 Å². The topological polar surface area (TPSA) is 221 Å². The number of aromatic nitrogens is 2. The highest BCUT2D eigenvalue weighted by Crippen LogP contribution is 2.66. The number of rotatable bonds is 8. The minimum atomic E-state index is -5.60. The highest BCUT2D eigenvalue weighted by atomic mass is 31.3. The van der Waals surface area contributed by atoms with Gasteiger partial charge in [0.1, 0.15) is 0 Å². The van der Waals surface area contributed by atoms with Crippen LogP contribution in [0.25, 0.3) is 0 Å². The lowest BCUT2D eigenvalue weighted by atomic mass is 10.1. The van der Waals surface area contributed by atoms with Gasteiger partial charge in [-0.15, -0.1) is 0 Å². The number of phosphoric ester groups is 1. The van der Waals surface area contributed by atoms with Crippen LogP contribution < -0.4 is 11.4 Å². The Morgan fingerprint density at radius 3 is 2.43 bits per heavy atom. The van der Waals surface area contributed by atoms with Crippen molar-refractivity contribution in [2.75, 3.05) is 12.3 Å².